The fraction of sp³-hybridized carbons (Fsp3) is 0.333. The third-order valence-corrected chi connectivity index (χ3v) is 9.71. The van der Waals surface area contributed by atoms with Crippen LogP contribution in [0.3, 0.4) is 0 Å². The molecule has 46 heavy (non-hydrogen) atoms. The number of nitrogens with zero attached hydrogens (tertiary/aromatic N) is 5. The largest absolute Gasteiger partial charge is 0.435 e. The van der Waals surface area contributed by atoms with Crippen molar-refractivity contribution in [3.63, 3.8) is 0 Å². The molecule has 2 aliphatic heterocycles. The van der Waals surface area contributed by atoms with Crippen LogP contribution in [-0.2, 0) is 26.6 Å². The van der Waals surface area contributed by atoms with Crippen LogP contribution in [0, 0.1) is 24.2 Å². The molecule has 1 amide bonds. The Labute approximate surface area is 273 Å². The molecule has 2 aromatic heterocycles. The van der Waals surface area contributed by atoms with Crippen molar-refractivity contribution in [2.24, 2.45) is 13.0 Å². The minimum atomic E-state index is -0.313. The first kappa shape index (κ1) is 30.2. The number of carbonyl (C=O) groups is 1. The van der Waals surface area contributed by atoms with Gasteiger partial charge in [-0.3, -0.25) is 9.69 Å². The Balaban J connectivity index is 1.19. The summed E-state index contributed by atoms with van der Waals surface area (Å²) in [5, 5.41) is 16.8. The maximum atomic E-state index is 13.4. The molecule has 10 heteroatoms. The number of halogens is 1. The summed E-state index contributed by atoms with van der Waals surface area (Å²) in [5.74, 6) is 1.17. The van der Waals surface area contributed by atoms with E-state index in [4.69, 9.17) is 21.0 Å². The van der Waals surface area contributed by atoms with Crippen LogP contribution in [0.4, 0.5) is 5.69 Å². The van der Waals surface area contributed by atoms with Crippen molar-refractivity contribution < 1.29 is 9.21 Å². The predicted octanol–water partition coefficient (Wildman–Crippen LogP) is 6.86. The van der Waals surface area contributed by atoms with Crippen molar-refractivity contribution in [2.75, 3.05) is 18.4 Å². The number of amides is 1. The number of carbonyl (C=O) groups excluding carboxylic acids is 1. The molecule has 234 valence electrons. The van der Waals surface area contributed by atoms with E-state index in [1.807, 2.05) is 61.0 Å². The van der Waals surface area contributed by atoms with Gasteiger partial charge in [0.05, 0.1) is 22.0 Å². The Morgan fingerprint density at radius 2 is 1.93 bits per heavy atom. The van der Waals surface area contributed by atoms with Gasteiger partial charge >= 0.3 is 0 Å². The number of aromatic nitrogens is 3. The minimum absolute atomic E-state index is 0.313. The Morgan fingerprint density at radius 1 is 1.15 bits per heavy atom. The molecule has 0 spiro atoms. The number of anilines is 1. The molecule has 2 N–H and O–H groups in total. The first-order chi connectivity index (χ1) is 22.2. The van der Waals surface area contributed by atoms with Gasteiger partial charge in [-0.2, -0.15) is 5.26 Å². The summed E-state index contributed by atoms with van der Waals surface area (Å²) in [4.78, 5) is 25.3. The first-order valence-corrected chi connectivity index (χ1v) is 16.1. The van der Waals surface area contributed by atoms with E-state index in [0.29, 0.717) is 57.6 Å². The number of nitrogens with one attached hydrogen (secondary N) is 2. The number of benzene rings is 3. The smallest absolute Gasteiger partial charge is 0.291 e. The maximum absolute atomic E-state index is 13.4. The topological polar surface area (TPSA) is 112 Å². The molecule has 2 atom stereocenters. The van der Waals surface area contributed by atoms with Crippen LogP contribution in [0.25, 0.3) is 33.7 Å². The number of oxazole rings is 1. The van der Waals surface area contributed by atoms with Crippen molar-refractivity contribution in [1.29, 1.82) is 5.26 Å². The predicted molar refractivity (Wildman–Crippen MR) is 180 cm³/mol. The summed E-state index contributed by atoms with van der Waals surface area (Å²) < 4.78 is 8.12. The first-order valence-electron chi connectivity index (χ1n) is 15.7. The number of rotatable bonds is 6. The van der Waals surface area contributed by atoms with E-state index in [1.165, 1.54) is 6.42 Å². The van der Waals surface area contributed by atoms with Crippen molar-refractivity contribution in [3.8, 4) is 28.7 Å². The molecule has 1 unspecified atom stereocenters. The van der Waals surface area contributed by atoms with Gasteiger partial charge in [0.15, 0.2) is 11.4 Å². The summed E-state index contributed by atoms with van der Waals surface area (Å²) in [7, 11) is 1.88. The summed E-state index contributed by atoms with van der Waals surface area (Å²) in [6.45, 7) is 9.95. The van der Waals surface area contributed by atoms with Gasteiger partial charge in [0, 0.05) is 56.0 Å². The van der Waals surface area contributed by atoms with E-state index < -0.39 is 0 Å². The molecule has 2 aliphatic rings. The molecule has 9 nitrogen and oxygen atoms in total. The highest BCUT2D eigenvalue weighted by Gasteiger charge is 2.26. The van der Waals surface area contributed by atoms with Gasteiger partial charge in [0.25, 0.3) is 5.91 Å². The van der Waals surface area contributed by atoms with Crippen LogP contribution >= 0.6 is 11.6 Å². The third kappa shape index (κ3) is 5.47. The number of imidazole rings is 1. The van der Waals surface area contributed by atoms with Gasteiger partial charge in [-0.25, -0.2) is 9.97 Å². The summed E-state index contributed by atoms with van der Waals surface area (Å²) in [6, 6.07) is 18.1. The zero-order chi connectivity index (χ0) is 32.1. The lowest BCUT2D eigenvalue weighted by molar-refractivity contribution is 0.101. The average Bonchev–Trinajstić information content (AvgIpc) is 3.75. The van der Waals surface area contributed by atoms with Crippen molar-refractivity contribution in [2.45, 2.75) is 52.7 Å². The molecular weight excluding hydrogens is 598 g/mol. The van der Waals surface area contributed by atoms with E-state index in [2.05, 4.69) is 40.4 Å². The number of nitriles is 1. The lowest BCUT2D eigenvalue weighted by atomic mass is 9.96. The fourth-order valence-electron chi connectivity index (χ4n) is 6.80. The Hall–Kier alpha value is -4.49. The fourth-order valence-corrected chi connectivity index (χ4v) is 7.08. The van der Waals surface area contributed by atoms with Crippen molar-refractivity contribution in [3.05, 3.63) is 87.5 Å². The van der Waals surface area contributed by atoms with Crippen LogP contribution < -0.4 is 10.6 Å². The third-order valence-electron chi connectivity index (χ3n) is 9.30. The Morgan fingerprint density at radius 3 is 2.72 bits per heavy atom. The molecule has 0 saturated carbocycles. The van der Waals surface area contributed by atoms with Crippen LogP contribution in [-0.4, -0.2) is 44.5 Å². The molecule has 0 bridgehead atoms. The quantitative estimate of drug-likeness (QED) is 0.210. The highest BCUT2D eigenvalue weighted by Crippen LogP contribution is 2.39. The molecule has 7 rings (SSSR count). The van der Waals surface area contributed by atoms with Gasteiger partial charge in [0.1, 0.15) is 11.6 Å². The van der Waals surface area contributed by atoms with Gasteiger partial charge in [0.2, 0.25) is 5.89 Å². The lowest BCUT2D eigenvalue weighted by Crippen LogP contribution is -2.33. The van der Waals surface area contributed by atoms with Gasteiger partial charge in [-0.15, -0.1) is 0 Å². The number of likely N-dealkylation sites (tertiary alicyclic amines) is 1. The van der Waals surface area contributed by atoms with E-state index >= 15 is 0 Å². The van der Waals surface area contributed by atoms with Crippen LogP contribution in [0.15, 0.2) is 52.9 Å². The number of fused-ring (bicyclic) bond motifs is 2. The maximum Gasteiger partial charge on any atom is 0.291 e. The second-order valence-electron chi connectivity index (χ2n) is 12.7. The van der Waals surface area contributed by atoms with Gasteiger partial charge < -0.3 is 19.6 Å². The van der Waals surface area contributed by atoms with E-state index in [0.717, 1.165) is 65.3 Å². The van der Waals surface area contributed by atoms with E-state index in [9.17, 15) is 10.1 Å². The molecular formula is C36H36ClN7O2. The summed E-state index contributed by atoms with van der Waals surface area (Å²) in [5.41, 5.74) is 8.56. The van der Waals surface area contributed by atoms with E-state index in [1.54, 1.807) is 6.07 Å². The molecule has 1 fully saturated rings. The summed E-state index contributed by atoms with van der Waals surface area (Å²) in [6.07, 6.45) is 2.01. The zero-order valence-electron chi connectivity index (χ0n) is 26.4. The number of hydrogen-bond acceptors (Lipinski definition) is 7. The lowest BCUT2D eigenvalue weighted by Gasteiger charge is -2.20. The normalized spacial score (nSPS) is 18.1. The Kier molecular flexibility index (Phi) is 7.89. The van der Waals surface area contributed by atoms with E-state index in [-0.39, 0.29) is 5.91 Å². The number of hydrogen-bond donors (Lipinski definition) is 2. The van der Waals surface area contributed by atoms with Crippen LogP contribution in [0.2, 0.25) is 5.02 Å². The van der Waals surface area contributed by atoms with Gasteiger partial charge in [-0.05, 0) is 73.7 Å². The molecule has 0 aliphatic carbocycles. The average molecular weight is 634 g/mol. The van der Waals surface area contributed by atoms with Crippen molar-refractivity contribution in [1.82, 2.24) is 24.8 Å². The zero-order valence-corrected chi connectivity index (χ0v) is 27.2. The van der Waals surface area contributed by atoms with Crippen LogP contribution in [0.5, 0.6) is 0 Å². The summed E-state index contributed by atoms with van der Waals surface area (Å²) >= 11 is 6.97. The molecule has 0 radical (unpaired) electrons. The highest BCUT2D eigenvalue weighted by atomic mass is 35.5. The molecule has 5 aromatic rings. The Bertz CT molecular complexity index is 2040. The van der Waals surface area contributed by atoms with Crippen LogP contribution in [0.1, 0.15) is 59.0 Å². The van der Waals surface area contributed by atoms with Crippen molar-refractivity contribution >= 4 is 34.3 Å². The molecule has 3 aromatic carbocycles. The highest BCUT2D eigenvalue weighted by molar-refractivity contribution is 6.36. The molecule has 1 saturated heterocycles. The minimum Gasteiger partial charge on any atom is -0.435 e. The molecule has 4 heterocycles. The standard InChI is InChI=1S/C36H36ClN7O2/c1-20-11-12-44(18-20)19-23-14-24(16-38)33-29(15-23)42-36(46-33)26-8-5-7-25(22(26)3)27-9-6-10-28(32(27)37)41-35(45)34-40-30-17-39-21(2)13-31(30)43(34)4/h5-10,14-15,20-21,39H,11-13,17-19H2,1-4H3,(H,41,45)/t20-,21?/m0/s1. The second kappa shape index (κ2) is 12.0. The SMILES string of the molecule is Cc1c(-c2nc3cc(CN4CC[C@H](C)C4)cc(C#N)c3o2)cccc1-c1cccc(NC(=O)c2nc3c(n2C)CC(C)NC3)c1Cl. The monoisotopic (exact) mass is 633 g/mol. The second-order valence-corrected chi connectivity index (χ2v) is 13.1. The van der Waals surface area contributed by atoms with Gasteiger partial charge in [-0.1, -0.05) is 42.8 Å².